The van der Waals surface area contributed by atoms with Gasteiger partial charge in [0.05, 0.1) is 0 Å². The van der Waals surface area contributed by atoms with Crippen molar-refractivity contribution in [1.82, 2.24) is 9.88 Å². The van der Waals surface area contributed by atoms with E-state index in [1.54, 1.807) is 0 Å². The van der Waals surface area contributed by atoms with E-state index in [-0.39, 0.29) is 0 Å². The summed E-state index contributed by atoms with van der Waals surface area (Å²) >= 11 is 11.7. The van der Waals surface area contributed by atoms with Crippen LogP contribution in [0.3, 0.4) is 0 Å². The van der Waals surface area contributed by atoms with Gasteiger partial charge in [0.2, 0.25) is 0 Å². The van der Waals surface area contributed by atoms with Crippen molar-refractivity contribution in [3.63, 3.8) is 0 Å². The fourth-order valence-corrected chi connectivity index (χ4v) is 3.03. The molecule has 4 nitrogen and oxygen atoms in total. The second-order valence-electron chi connectivity index (χ2n) is 5.56. The summed E-state index contributed by atoms with van der Waals surface area (Å²) in [6.07, 6.45) is 1.83. The predicted molar refractivity (Wildman–Crippen MR) is 100 cm³/mol. The number of nitrogens with zero attached hydrogens (tertiary/aromatic N) is 3. The molecule has 1 fully saturated rings. The average Bonchev–Trinajstić information content (AvgIpc) is 2.59. The molecule has 1 aliphatic heterocycles. The van der Waals surface area contributed by atoms with Crippen LogP contribution in [0.15, 0.2) is 42.6 Å². The summed E-state index contributed by atoms with van der Waals surface area (Å²) < 4.78 is 0. The number of nitrogens with one attached hydrogen (secondary N) is 1. The Hall–Kier alpha value is -1.85. The molecule has 2 aromatic rings. The number of hydrogen-bond donors (Lipinski definition) is 1. The van der Waals surface area contributed by atoms with Crippen molar-refractivity contribution in [3.8, 4) is 0 Å². The number of thiocarbonyl (C=S) groups is 1. The van der Waals surface area contributed by atoms with Crippen molar-refractivity contribution in [2.24, 2.45) is 0 Å². The molecule has 0 amide bonds. The van der Waals surface area contributed by atoms with Gasteiger partial charge in [-0.25, -0.2) is 4.98 Å². The maximum atomic E-state index is 6.16. The number of halogens is 1. The molecule has 0 atom stereocenters. The number of piperazine rings is 1. The molecule has 3 rings (SSSR count). The maximum absolute atomic E-state index is 6.16. The van der Waals surface area contributed by atoms with Crippen LogP contribution >= 0.6 is 23.8 Å². The second-order valence-corrected chi connectivity index (χ2v) is 6.35. The first kappa shape index (κ1) is 16.0. The molecule has 1 N–H and O–H groups in total. The first-order valence-corrected chi connectivity index (χ1v) is 8.40. The maximum Gasteiger partial charge on any atom is 0.173 e. The van der Waals surface area contributed by atoms with E-state index in [0.717, 1.165) is 53.4 Å². The number of hydrogen-bond acceptors (Lipinski definition) is 3. The zero-order chi connectivity index (χ0) is 16.2. The molecule has 6 heteroatoms. The van der Waals surface area contributed by atoms with Gasteiger partial charge >= 0.3 is 0 Å². The topological polar surface area (TPSA) is 31.4 Å². The summed E-state index contributed by atoms with van der Waals surface area (Å²) in [5, 5.41) is 4.76. The van der Waals surface area contributed by atoms with Gasteiger partial charge in [-0.1, -0.05) is 23.7 Å². The van der Waals surface area contributed by atoms with Gasteiger partial charge in [-0.05, 0) is 49.0 Å². The van der Waals surface area contributed by atoms with Gasteiger partial charge in [-0.15, -0.1) is 0 Å². The van der Waals surface area contributed by atoms with Gasteiger partial charge < -0.3 is 15.1 Å². The number of aromatic nitrogens is 1. The van der Waals surface area contributed by atoms with Gasteiger partial charge in [0.25, 0.3) is 0 Å². The van der Waals surface area contributed by atoms with Crippen molar-refractivity contribution in [2.45, 2.75) is 6.92 Å². The van der Waals surface area contributed by atoms with Crippen LogP contribution in [0.2, 0.25) is 5.02 Å². The molecular weight excluding hydrogens is 328 g/mol. The summed E-state index contributed by atoms with van der Waals surface area (Å²) in [6, 6.07) is 11.9. The molecule has 1 aliphatic rings. The summed E-state index contributed by atoms with van der Waals surface area (Å²) in [5.41, 5.74) is 1.99. The molecule has 120 valence electrons. The fraction of sp³-hybridized carbons (Fsp3) is 0.294. The summed E-state index contributed by atoms with van der Waals surface area (Å²) in [4.78, 5) is 8.86. The van der Waals surface area contributed by atoms with E-state index >= 15 is 0 Å². The third kappa shape index (κ3) is 3.92. The third-order valence-electron chi connectivity index (χ3n) is 3.96. The largest absolute Gasteiger partial charge is 0.353 e. The lowest BCUT2D eigenvalue weighted by Crippen LogP contribution is -2.50. The van der Waals surface area contributed by atoms with Gasteiger partial charge in [-0.2, -0.15) is 0 Å². The molecule has 23 heavy (non-hydrogen) atoms. The molecule has 0 spiro atoms. The number of aryl methyl sites for hydroxylation is 1. The molecule has 1 saturated heterocycles. The fourth-order valence-electron chi connectivity index (χ4n) is 2.55. The normalized spacial score (nSPS) is 14.7. The van der Waals surface area contributed by atoms with Crippen LogP contribution in [0.1, 0.15) is 5.56 Å². The Bertz CT molecular complexity index is 684. The lowest BCUT2D eigenvalue weighted by molar-refractivity contribution is 0.389. The molecule has 2 heterocycles. The highest BCUT2D eigenvalue weighted by Crippen LogP contribution is 2.20. The van der Waals surface area contributed by atoms with Crippen LogP contribution in [0.5, 0.6) is 0 Å². The van der Waals surface area contributed by atoms with Crippen LogP contribution in [0.4, 0.5) is 11.5 Å². The lowest BCUT2D eigenvalue weighted by Gasteiger charge is -2.36. The first-order chi connectivity index (χ1) is 11.1. The molecule has 1 aromatic heterocycles. The molecule has 0 radical (unpaired) electrons. The van der Waals surface area contributed by atoms with E-state index in [0.29, 0.717) is 0 Å². The lowest BCUT2D eigenvalue weighted by atomic mass is 10.2. The van der Waals surface area contributed by atoms with Crippen LogP contribution in [0, 0.1) is 6.92 Å². The van der Waals surface area contributed by atoms with E-state index in [9.17, 15) is 0 Å². The molecule has 0 unspecified atom stereocenters. The van der Waals surface area contributed by atoms with Gasteiger partial charge in [0, 0.05) is 43.1 Å². The molecule has 0 bridgehead atoms. The van der Waals surface area contributed by atoms with Gasteiger partial charge in [-0.3, -0.25) is 0 Å². The Kier molecular flexibility index (Phi) is 4.98. The van der Waals surface area contributed by atoms with Crippen molar-refractivity contribution in [3.05, 3.63) is 53.2 Å². The number of anilines is 2. The minimum Gasteiger partial charge on any atom is -0.353 e. The van der Waals surface area contributed by atoms with Gasteiger partial charge in [0.15, 0.2) is 5.11 Å². The Morgan fingerprint density at radius 2 is 1.96 bits per heavy atom. The second kappa shape index (κ2) is 7.15. The van der Waals surface area contributed by atoms with Gasteiger partial charge in [0.1, 0.15) is 5.82 Å². The van der Waals surface area contributed by atoms with Crippen molar-refractivity contribution < 1.29 is 0 Å². The number of benzene rings is 1. The van der Waals surface area contributed by atoms with Crippen LogP contribution in [-0.2, 0) is 0 Å². The standard InChI is InChI=1S/C17H19ClN4S/c1-13-5-6-14(12-15(13)18)20-17(23)22-10-8-21(9-11-22)16-4-2-3-7-19-16/h2-7,12H,8-11H2,1H3,(H,20,23). The van der Waals surface area contributed by atoms with Crippen LogP contribution in [0.25, 0.3) is 0 Å². The van der Waals surface area contributed by atoms with E-state index < -0.39 is 0 Å². The molecule has 1 aromatic carbocycles. The predicted octanol–water partition coefficient (Wildman–Crippen LogP) is 3.56. The Labute approximate surface area is 147 Å². The monoisotopic (exact) mass is 346 g/mol. The summed E-state index contributed by atoms with van der Waals surface area (Å²) in [7, 11) is 0. The highest BCUT2D eigenvalue weighted by atomic mass is 35.5. The first-order valence-electron chi connectivity index (χ1n) is 7.61. The summed E-state index contributed by atoms with van der Waals surface area (Å²) in [5.74, 6) is 1.02. The van der Waals surface area contributed by atoms with E-state index in [1.165, 1.54) is 0 Å². The Morgan fingerprint density at radius 1 is 1.17 bits per heavy atom. The van der Waals surface area contributed by atoms with E-state index in [4.69, 9.17) is 23.8 Å². The number of pyridine rings is 1. The average molecular weight is 347 g/mol. The van der Waals surface area contributed by atoms with Crippen molar-refractivity contribution in [2.75, 3.05) is 36.4 Å². The highest BCUT2D eigenvalue weighted by molar-refractivity contribution is 7.80. The van der Waals surface area contributed by atoms with E-state index in [2.05, 4.69) is 20.1 Å². The zero-order valence-corrected chi connectivity index (χ0v) is 14.6. The third-order valence-corrected chi connectivity index (χ3v) is 4.73. The Morgan fingerprint density at radius 3 is 2.61 bits per heavy atom. The molecule has 0 saturated carbocycles. The zero-order valence-electron chi connectivity index (χ0n) is 13.0. The van der Waals surface area contributed by atoms with Crippen molar-refractivity contribution >= 4 is 40.4 Å². The van der Waals surface area contributed by atoms with Crippen molar-refractivity contribution in [1.29, 1.82) is 0 Å². The minimum atomic E-state index is 0.741. The summed E-state index contributed by atoms with van der Waals surface area (Å²) in [6.45, 7) is 5.56. The SMILES string of the molecule is Cc1ccc(NC(=S)N2CCN(c3ccccn3)CC2)cc1Cl. The molecular formula is C17H19ClN4S. The smallest absolute Gasteiger partial charge is 0.173 e. The van der Waals surface area contributed by atoms with E-state index in [1.807, 2.05) is 49.5 Å². The molecule has 0 aliphatic carbocycles. The number of rotatable bonds is 2. The quantitative estimate of drug-likeness (QED) is 0.840. The minimum absolute atomic E-state index is 0.741. The van der Waals surface area contributed by atoms with Crippen LogP contribution < -0.4 is 10.2 Å². The highest BCUT2D eigenvalue weighted by Gasteiger charge is 2.19. The van der Waals surface area contributed by atoms with Crippen LogP contribution in [-0.4, -0.2) is 41.2 Å². The Balaban J connectivity index is 1.57.